The van der Waals surface area contributed by atoms with Gasteiger partial charge in [0.1, 0.15) is 6.10 Å². The summed E-state index contributed by atoms with van der Waals surface area (Å²) >= 11 is 0. The molecule has 0 unspecified atom stereocenters. The quantitative estimate of drug-likeness (QED) is 0.759. The maximum absolute atomic E-state index is 11.2. The van der Waals surface area contributed by atoms with Crippen LogP contribution in [0.5, 0.6) is 0 Å². The summed E-state index contributed by atoms with van der Waals surface area (Å²) in [5.74, 6) is 0. The molecule has 3 rings (SSSR count). The molecule has 0 bridgehead atoms. The summed E-state index contributed by atoms with van der Waals surface area (Å²) in [5.41, 5.74) is 8.37. The number of carbonyl (C=O) groups is 1. The van der Waals surface area contributed by atoms with Crippen molar-refractivity contribution >= 4 is 17.0 Å². The molecule has 1 atom stereocenters. The number of rotatable bonds is 5. The average Bonchev–Trinajstić information content (AvgIpc) is 2.91. The molecule has 0 saturated heterocycles. The fraction of sp³-hybridized carbons (Fsp3) is 0.176. The Morgan fingerprint density at radius 3 is 2.82 bits per heavy atom. The molecule has 1 amide bonds. The molecule has 112 valence electrons. The van der Waals surface area contributed by atoms with Crippen LogP contribution in [0.4, 0.5) is 4.79 Å². The van der Waals surface area contributed by atoms with Gasteiger partial charge in [0.15, 0.2) is 0 Å². The first-order valence-corrected chi connectivity index (χ1v) is 7.12. The van der Waals surface area contributed by atoms with Crippen LogP contribution in [0.3, 0.4) is 0 Å². The highest BCUT2D eigenvalue weighted by Gasteiger charge is 2.16. The van der Waals surface area contributed by atoms with E-state index in [2.05, 4.69) is 9.97 Å². The Morgan fingerprint density at radius 2 is 2.05 bits per heavy atom. The molecular formula is C17H17N3O2. The number of aromatic nitrogens is 2. The average molecular weight is 295 g/mol. The molecule has 0 saturated carbocycles. The van der Waals surface area contributed by atoms with Crippen molar-refractivity contribution in [3.8, 4) is 0 Å². The molecule has 5 nitrogen and oxygen atoms in total. The van der Waals surface area contributed by atoms with Gasteiger partial charge in [-0.2, -0.15) is 0 Å². The summed E-state index contributed by atoms with van der Waals surface area (Å²) in [6, 6.07) is 11.9. The van der Waals surface area contributed by atoms with Crippen LogP contribution in [0.15, 0.2) is 55.0 Å². The molecule has 22 heavy (non-hydrogen) atoms. The van der Waals surface area contributed by atoms with E-state index in [9.17, 15) is 4.79 Å². The van der Waals surface area contributed by atoms with Gasteiger partial charge >= 0.3 is 6.09 Å². The van der Waals surface area contributed by atoms with E-state index in [0.29, 0.717) is 12.8 Å². The Balaban J connectivity index is 1.82. The number of nitrogens with two attached hydrogens (primary N) is 1. The van der Waals surface area contributed by atoms with Crippen molar-refractivity contribution in [3.63, 3.8) is 0 Å². The van der Waals surface area contributed by atoms with E-state index in [1.165, 1.54) is 0 Å². The lowest BCUT2D eigenvalue weighted by molar-refractivity contribution is 0.106. The predicted octanol–water partition coefficient (Wildman–Crippen LogP) is 2.81. The topological polar surface area (TPSA) is 81.0 Å². The van der Waals surface area contributed by atoms with Gasteiger partial charge < -0.3 is 15.5 Å². The van der Waals surface area contributed by atoms with Gasteiger partial charge in [0.05, 0.1) is 11.7 Å². The molecule has 0 aliphatic rings. The SMILES string of the molecule is NC(=O)O[C@H](Cc1ccccc1)Cc1c[nH]c2cnccc12. The molecule has 0 aliphatic heterocycles. The number of fused-ring (bicyclic) bond motifs is 1. The number of H-pyrrole nitrogens is 1. The highest BCUT2D eigenvalue weighted by molar-refractivity contribution is 5.82. The lowest BCUT2D eigenvalue weighted by Crippen LogP contribution is -2.26. The van der Waals surface area contributed by atoms with Crippen LogP contribution in [-0.2, 0) is 17.6 Å². The molecule has 0 spiro atoms. The Hall–Kier alpha value is -2.82. The maximum atomic E-state index is 11.2. The fourth-order valence-electron chi connectivity index (χ4n) is 2.64. The maximum Gasteiger partial charge on any atom is 0.404 e. The first-order valence-electron chi connectivity index (χ1n) is 7.12. The van der Waals surface area contributed by atoms with Gasteiger partial charge in [-0.15, -0.1) is 0 Å². The van der Waals surface area contributed by atoms with E-state index in [1.807, 2.05) is 42.6 Å². The van der Waals surface area contributed by atoms with E-state index >= 15 is 0 Å². The molecule has 0 radical (unpaired) electrons. The van der Waals surface area contributed by atoms with E-state index in [1.54, 1.807) is 12.4 Å². The summed E-state index contributed by atoms with van der Waals surface area (Å²) in [6.45, 7) is 0. The zero-order valence-corrected chi connectivity index (χ0v) is 12.0. The zero-order valence-electron chi connectivity index (χ0n) is 12.0. The molecule has 1 aromatic carbocycles. The zero-order chi connectivity index (χ0) is 15.4. The van der Waals surface area contributed by atoms with E-state index in [-0.39, 0.29) is 6.10 Å². The van der Waals surface area contributed by atoms with Gasteiger partial charge in [-0.3, -0.25) is 4.98 Å². The van der Waals surface area contributed by atoms with Gasteiger partial charge in [-0.05, 0) is 17.2 Å². The van der Waals surface area contributed by atoms with Crippen LogP contribution in [0.25, 0.3) is 10.9 Å². The molecule has 0 aliphatic carbocycles. The summed E-state index contributed by atoms with van der Waals surface area (Å²) in [6.07, 6.45) is 5.63. The van der Waals surface area contributed by atoms with Crippen molar-refractivity contribution in [1.29, 1.82) is 0 Å². The fourth-order valence-corrected chi connectivity index (χ4v) is 2.64. The minimum Gasteiger partial charge on any atom is -0.446 e. The predicted molar refractivity (Wildman–Crippen MR) is 84.4 cm³/mol. The number of pyridine rings is 1. The largest absolute Gasteiger partial charge is 0.446 e. The van der Waals surface area contributed by atoms with Gasteiger partial charge in [0.2, 0.25) is 0 Å². The van der Waals surface area contributed by atoms with Crippen LogP contribution >= 0.6 is 0 Å². The van der Waals surface area contributed by atoms with Gasteiger partial charge in [-0.25, -0.2) is 4.79 Å². The van der Waals surface area contributed by atoms with Gasteiger partial charge in [0.25, 0.3) is 0 Å². The highest BCUT2D eigenvalue weighted by Crippen LogP contribution is 2.20. The number of benzene rings is 1. The van der Waals surface area contributed by atoms with Crippen LogP contribution in [0, 0.1) is 0 Å². The third kappa shape index (κ3) is 3.25. The number of ether oxygens (including phenoxy) is 1. The second kappa shape index (κ2) is 6.30. The van der Waals surface area contributed by atoms with E-state index < -0.39 is 6.09 Å². The summed E-state index contributed by atoms with van der Waals surface area (Å²) in [4.78, 5) is 18.4. The summed E-state index contributed by atoms with van der Waals surface area (Å²) in [5, 5.41) is 1.08. The molecule has 5 heteroatoms. The van der Waals surface area contributed by atoms with Crippen LogP contribution in [-0.4, -0.2) is 22.2 Å². The minimum atomic E-state index is -0.748. The Bertz CT molecular complexity index is 768. The van der Waals surface area contributed by atoms with Crippen molar-refractivity contribution in [3.05, 3.63) is 66.1 Å². The van der Waals surface area contributed by atoms with Crippen LogP contribution in [0.2, 0.25) is 0 Å². The number of nitrogens with one attached hydrogen (secondary N) is 1. The number of hydrogen-bond donors (Lipinski definition) is 2. The van der Waals surface area contributed by atoms with Crippen molar-refractivity contribution in [2.45, 2.75) is 18.9 Å². The Labute approximate surface area is 128 Å². The monoisotopic (exact) mass is 295 g/mol. The third-order valence-corrected chi connectivity index (χ3v) is 3.61. The number of aromatic amines is 1. The van der Waals surface area contributed by atoms with Crippen molar-refractivity contribution in [2.24, 2.45) is 5.73 Å². The first kappa shape index (κ1) is 14.1. The second-order valence-electron chi connectivity index (χ2n) is 5.19. The molecular weight excluding hydrogens is 278 g/mol. The molecule has 2 heterocycles. The van der Waals surface area contributed by atoms with Crippen molar-refractivity contribution < 1.29 is 9.53 Å². The standard InChI is InChI=1S/C17H17N3O2/c18-17(21)22-14(8-12-4-2-1-3-5-12)9-13-10-20-16-11-19-7-6-15(13)16/h1-7,10-11,14,20H,8-9H2,(H2,18,21)/t14-/m1/s1. The molecule has 3 N–H and O–H groups in total. The van der Waals surface area contributed by atoms with Crippen molar-refractivity contribution in [1.82, 2.24) is 9.97 Å². The van der Waals surface area contributed by atoms with Gasteiger partial charge in [0, 0.05) is 30.6 Å². The van der Waals surface area contributed by atoms with E-state index in [0.717, 1.165) is 22.0 Å². The normalized spacial score (nSPS) is 12.2. The van der Waals surface area contributed by atoms with Crippen molar-refractivity contribution in [2.75, 3.05) is 0 Å². The number of hydrogen-bond acceptors (Lipinski definition) is 3. The minimum absolute atomic E-state index is 0.299. The van der Waals surface area contributed by atoms with Crippen LogP contribution in [0.1, 0.15) is 11.1 Å². The Morgan fingerprint density at radius 1 is 1.23 bits per heavy atom. The number of nitrogens with zero attached hydrogens (tertiary/aromatic N) is 1. The van der Waals surface area contributed by atoms with E-state index in [4.69, 9.17) is 10.5 Å². The molecule has 0 fully saturated rings. The molecule has 2 aromatic heterocycles. The number of primary amides is 1. The number of carbonyl (C=O) groups excluding carboxylic acids is 1. The first-order chi connectivity index (χ1) is 10.7. The smallest absolute Gasteiger partial charge is 0.404 e. The second-order valence-corrected chi connectivity index (χ2v) is 5.19. The summed E-state index contributed by atoms with van der Waals surface area (Å²) < 4.78 is 5.29. The molecule has 3 aromatic rings. The lowest BCUT2D eigenvalue weighted by atomic mass is 10.0. The van der Waals surface area contributed by atoms with Crippen LogP contribution < -0.4 is 5.73 Å². The third-order valence-electron chi connectivity index (χ3n) is 3.61. The van der Waals surface area contributed by atoms with Gasteiger partial charge in [-0.1, -0.05) is 30.3 Å². The Kier molecular flexibility index (Phi) is 4.05. The lowest BCUT2D eigenvalue weighted by Gasteiger charge is -2.16. The summed E-state index contributed by atoms with van der Waals surface area (Å²) in [7, 11) is 0. The highest BCUT2D eigenvalue weighted by atomic mass is 16.6. The number of amides is 1.